The van der Waals surface area contributed by atoms with Gasteiger partial charge in [0, 0.05) is 32.6 Å². The largest absolute Gasteiger partial charge is 0.387 e. The number of aliphatic hydroxyl groups is 1. The molecular weight excluding hydrogens is 667 g/mol. The molecule has 0 aromatic carbocycles. The number of fused-ring (bicyclic) bond motifs is 1. The average molecular weight is 710 g/mol. The van der Waals surface area contributed by atoms with Crippen LogP contribution >= 0.6 is 22.7 Å². The third-order valence-corrected chi connectivity index (χ3v) is 11.4. The van der Waals surface area contributed by atoms with E-state index in [1.54, 1.807) is 11.1 Å². The lowest BCUT2D eigenvalue weighted by Crippen LogP contribution is -2.52. The summed E-state index contributed by atoms with van der Waals surface area (Å²) in [5.41, 5.74) is 2.68. The topological polar surface area (TPSA) is 186 Å². The number of nitrogens with zero attached hydrogens (tertiary/aromatic N) is 6. The van der Waals surface area contributed by atoms with Crippen LogP contribution in [0, 0.1) is 11.8 Å². The van der Waals surface area contributed by atoms with Crippen LogP contribution in [0.15, 0.2) is 23.0 Å². The molecule has 0 spiro atoms. The fourth-order valence-electron chi connectivity index (χ4n) is 6.83. The number of amides is 4. The van der Waals surface area contributed by atoms with E-state index in [2.05, 4.69) is 20.6 Å². The van der Waals surface area contributed by atoms with E-state index in [0.717, 1.165) is 62.3 Å². The Morgan fingerprint density at radius 1 is 0.918 bits per heavy atom. The molecule has 4 atom stereocenters. The first-order chi connectivity index (χ1) is 23.4. The zero-order chi connectivity index (χ0) is 35.0. The number of hydrogen-bond acceptors (Lipinski definition) is 11. The second kappa shape index (κ2) is 14.5. The van der Waals surface area contributed by atoms with Crippen molar-refractivity contribution in [2.24, 2.45) is 16.8 Å². The van der Waals surface area contributed by atoms with Crippen molar-refractivity contribution < 1.29 is 24.3 Å². The van der Waals surface area contributed by atoms with Crippen LogP contribution in [0.25, 0.3) is 20.4 Å². The molecule has 6 rings (SSSR count). The predicted molar refractivity (Wildman–Crippen MR) is 187 cm³/mol. The van der Waals surface area contributed by atoms with Crippen LogP contribution in [0.3, 0.4) is 0 Å². The van der Waals surface area contributed by atoms with Gasteiger partial charge in [-0.25, -0.2) is 15.0 Å². The number of hydrogen-bond donors (Lipinski definition) is 4. The number of aromatic amines is 1. The number of carbonyl (C=O) groups excluding carboxylic acids is 4. The van der Waals surface area contributed by atoms with Crippen LogP contribution in [0.1, 0.15) is 83.6 Å². The van der Waals surface area contributed by atoms with Gasteiger partial charge in [0.2, 0.25) is 23.6 Å². The maximum atomic E-state index is 13.5. The molecule has 2 saturated heterocycles. The number of nitrogens with one attached hydrogen (secondary N) is 3. The lowest BCUT2D eigenvalue weighted by molar-refractivity contribution is -0.139. The maximum absolute atomic E-state index is 13.5. The average Bonchev–Trinajstić information content (AvgIpc) is 3.89. The molecule has 4 amide bonds. The van der Waals surface area contributed by atoms with E-state index in [9.17, 15) is 24.3 Å². The normalized spacial score (nSPS) is 20.7. The summed E-state index contributed by atoms with van der Waals surface area (Å²) in [4.78, 5) is 78.3. The van der Waals surface area contributed by atoms with Crippen molar-refractivity contribution >= 4 is 61.7 Å². The third kappa shape index (κ3) is 7.17. The molecule has 6 heterocycles. The van der Waals surface area contributed by atoms with Gasteiger partial charge in [-0.3, -0.25) is 24.2 Å². The van der Waals surface area contributed by atoms with Crippen LogP contribution in [0.5, 0.6) is 0 Å². The predicted octanol–water partition coefficient (Wildman–Crippen LogP) is 3.17. The third-order valence-electron chi connectivity index (χ3n) is 9.31. The molecule has 3 aromatic rings. The van der Waals surface area contributed by atoms with Gasteiger partial charge in [0.15, 0.2) is 9.66 Å². The van der Waals surface area contributed by atoms with Gasteiger partial charge in [0.1, 0.15) is 34.5 Å². The molecule has 49 heavy (non-hydrogen) atoms. The summed E-state index contributed by atoms with van der Waals surface area (Å²) in [6, 6.07) is -1.59. The number of rotatable bonds is 11. The van der Waals surface area contributed by atoms with Gasteiger partial charge in [-0.15, -0.1) is 0 Å². The number of likely N-dealkylation sites (tertiary alicyclic amines) is 2. The molecule has 3 aromatic heterocycles. The minimum atomic E-state index is -0.733. The molecule has 3 aliphatic heterocycles. The smallest absolute Gasteiger partial charge is 0.246 e. The van der Waals surface area contributed by atoms with Crippen molar-refractivity contribution in [3.05, 3.63) is 28.8 Å². The van der Waals surface area contributed by atoms with Gasteiger partial charge in [0.05, 0.1) is 29.7 Å². The van der Waals surface area contributed by atoms with E-state index >= 15 is 0 Å². The van der Waals surface area contributed by atoms with Gasteiger partial charge in [-0.1, -0.05) is 50.4 Å². The Labute approximate surface area is 292 Å². The van der Waals surface area contributed by atoms with E-state index in [1.807, 2.05) is 38.8 Å². The van der Waals surface area contributed by atoms with Crippen molar-refractivity contribution in [1.29, 1.82) is 0 Å². The SMILES string of the molecule is CC(=O)N[C@H](C(=O)N1CCCC1C1=CN=C(c2nc3sc(-c4cnc([C@@H]5CCCN5C(=O)[C@@H](NC(=O)CO)C(C)C)[nH]4)nc3s2)C1)C(C)C. The number of aromatic nitrogens is 4. The zero-order valence-electron chi connectivity index (χ0n) is 28.4. The van der Waals surface area contributed by atoms with E-state index in [0.29, 0.717) is 25.3 Å². The summed E-state index contributed by atoms with van der Waals surface area (Å²) < 4.78 is 0. The van der Waals surface area contributed by atoms with Gasteiger partial charge in [0.25, 0.3) is 0 Å². The van der Waals surface area contributed by atoms with Crippen molar-refractivity contribution in [2.75, 3.05) is 19.7 Å². The molecule has 0 saturated carbocycles. The Balaban J connectivity index is 1.11. The zero-order valence-corrected chi connectivity index (χ0v) is 30.0. The van der Waals surface area contributed by atoms with Crippen molar-refractivity contribution in [3.63, 3.8) is 0 Å². The fraction of sp³-hybridized carbons (Fsp3) is 0.576. The van der Waals surface area contributed by atoms with Crippen LogP contribution in [0.4, 0.5) is 0 Å². The second-order valence-electron chi connectivity index (χ2n) is 13.5. The van der Waals surface area contributed by atoms with Gasteiger partial charge in [-0.2, -0.15) is 0 Å². The highest BCUT2D eigenvalue weighted by molar-refractivity contribution is 7.28. The molecule has 14 nitrogen and oxygen atoms in total. The summed E-state index contributed by atoms with van der Waals surface area (Å²) in [5, 5.41) is 16.2. The Bertz CT molecular complexity index is 1780. The van der Waals surface area contributed by atoms with Crippen molar-refractivity contribution in [3.8, 4) is 10.7 Å². The number of imidazole rings is 1. The van der Waals surface area contributed by atoms with Crippen molar-refractivity contribution in [1.82, 2.24) is 40.4 Å². The highest BCUT2D eigenvalue weighted by Crippen LogP contribution is 2.37. The molecular formula is C33H43N9O5S2. The molecule has 4 N–H and O–H groups in total. The minimum absolute atomic E-state index is 0.0199. The quantitative estimate of drug-likeness (QED) is 0.234. The Morgan fingerprint density at radius 2 is 1.51 bits per heavy atom. The summed E-state index contributed by atoms with van der Waals surface area (Å²) in [6.07, 6.45) is 7.53. The Hall–Kier alpha value is -4.02. The number of H-pyrrole nitrogens is 1. The molecule has 0 radical (unpaired) electrons. The monoisotopic (exact) mass is 709 g/mol. The maximum Gasteiger partial charge on any atom is 0.246 e. The van der Waals surface area contributed by atoms with Crippen molar-refractivity contribution in [2.45, 2.75) is 90.9 Å². The number of carbonyl (C=O) groups is 4. The summed E-state index contributed by atoms with van der Waals surface area (Å²) >= 11 is 2.94. The number of thiazole rings is 2. The van der Waals surface area contributed by atoms with Crippen LogP contribution in [0.2, 0.25) is 0 Å². The van der Waals surface area contributed by atoms with E-state index in [1.165, 1.54) is 29.6 Å². The summed E-state index contributed by atoms with van der Waals surface area (Å²) in [5.74, 6) is -0.519. The lowest BCUT2D eigenvalue weighted by atomic mass is 9.98. The lowest BCUT2D eigenvalue weighted by Gasteiger charge is -2.31. The first-order valence-corrected chi connectivity index (χ1v) is 18.4. The molecule has 16 heteroatoms. The van der Waals surface area contributed by atoms with Crippen LogP contribution < -0.4 is 10.6 Å². The van der Waals surface area contributed by atoms with Crippen LogP contribution in [-0.2, 0) is 19.2 Å². The summed E-state index contributed by atoms with van der Waals surface area (Å²) in [6.45, 7) is 9.60. The molecule has 0 aliphatic carbocycles. The highest BCUT2D eigenvalue weighted by Gasteiger charge is 2.39. The van der Waals surface area contributed by atoms with Gasteiger partial charge in [-0.05, 0) is 43.1 Å². The highest BCUT2D eigenvalue weighted by atomic mass is 32.1. The Kier molecular flexibility index (Phi) is 10.3. The van der Waals surface area contributed by atoms with Gasteiger partial charge < -0.3 is 30.5 Å². The molecule has 2 fully saturated rings. The Morgan fingerprint density at radius 3 is 2.14 bits per heavy atom. The molecule has 0 bridgehead atoms. The number of aliphatic hydroxyl groups excluding tert-OH is 1. The first kappa shape index (κ1) is 34.8. The molecule has 262 valence electrons. The van der Waals surface area contributed by atoms with E-state index in [-0.39, 0.29) is 41.6 Å². The van der Waals surface area contributed by atoms with E-state index < -0.39 is 24.6 Å². The fourth-order valence-corrected chi connectivity index (χ4v) is 8.83. The standard InChI is InChI=1S/C33H43N9O5S2/c1-16(2)25(36-18(5)44)32(46)41-10-6-8-22(41)19-12-20(34-13-19)28-39-30-31(48-28)40-29(49-30)21-14-35-27(37-21)23-9-7-11-42(23)33(47)26(17(3)4)38-24(45)15-43/h13-14,16-17,22-23,25-26,43H,6-12,15H2,1-5H3,(H,35,37)(H,36,44)(H,38,45)/t22?,23-,25-,26-/m0/s1. The van der Waals surface area contributed by atoms with Crippen LogP contribution in [-0.4, -0.2) is 102 Å². The second-order valence-corrected chi connectivity index (χ2v) is 15.5. The minimum Gasteiger partial charge on any atom is -0.387 e. The molecule has 1 unspecified atom stereocenters. The van der Waals surface area contributed by atoms with Gasteiger partial charge >= 0.3 is 0 Å². The first-order valence-electron chi connectivity index (χ1n) is 16.8. The summed E-state index contributed by atoms with van der Waals surface area (Å²) in [7, 11) is 0. The number of aliphatic imine (C=N–C) groups is 1. The van der Waals surface area contributed by atoms with E-state index in [4.69, 9.17) is 15.0 Å². The molecule has 3 aliphatic rings.